The summed E-state index contributed by atoms with van der Waals surface area (Å²) in [4.78, 5) is 20.9. The van der Waals surface area contributed by atoms with E-state index in [1.165, 1.54) is 0 Å². The highest BCUT2D eigenvalue weighted by Crippen LogP contribution is 2.16. The molecule has 1 aromatic heterocycles. The second kappa shape index (κ2) is 8.79. The van der Waals surface area contributed by atoms with Crippen LogP contribution >= 0.6 is 11.8 Å². The Balaban J connectivity index is 2.82. The van der Waals surface area contributed by atoms with Crippen LogP contribution in [0.15, 0.2) is 6.20 Å². The molecule has 0 aliphatic rings. The Bertz CT molecular complexity index is 437. The van der Waals surface area contributed by atoms with Gasteiger partial charge >= 0.3 is 0 Å². The smallest absolute Gasteiger partial charge is 0.272 e. The van der Waals surface area contributed by atoms with Crippen molar-refractivity contribution < 1.29 is 4.79 Å². The van der Waals surface area contributed by atoms with Gasteiger partial charge in [-0.05, 0) is 25.4 Å². The minimum absolute atomic E-state index is 0.133. The van der Waals surface area contributed by atoms with E-state index in [4.69, 9.17) is 0 Å². The van der Waals surface area contributed by atoms with Gasteiger partial charge in [0.1, 0.15) is 5.82 Å². The fraction of sp³-hybridized carbons (Fsp3) is 0.643. The molecule has 0 saturated heterocycles. The summed E-state index contributed by atoms with van der Waals surface area (Å²) >= 11 is 1.78. The Hall–Kier alpha value is -1.30. The van der Waals surface area contributed by atoms with Crippen LogP contribution in [0.1, 0.15) is 49.4 Å². The lowest BCUT2D eigenvalue weighted by Crippen LogP contribution is -2.27. The Morgan fingerprint density at radius 3 is 2.80 bits per heavy atom. The molecule has 1 heterocycles. The fourth-order valence-electron chi connectivity index (χ4n) is 1.67. The molecule has 0 aromatic carbocycles. The van der Waals surface area contributed by atoms with Crippen LogP contribution in [0.3, 0.4) is 0 Å². The highest BCUT2D eigenvalue weighted by Gasteiger charge is 2.15. The molecule has 2 N–H and O–H groups in total. The van der Waals surface area contributed by atoms with E-state index in [0.717, 1.165) is 18.7 Å². The lowest BCUT2D eigenvalue weighted by molar-refractivity contribution is 0.0949. The van der Waals surface area contributed by atoms with Crippen LogP contribution in [-0.2, 0) is 0 Å². The first-order chi connectivity index (χ1) is 9.60. The Morgan fingerprint density at radius 1 is 1.45 bits per heavy atom. The summed E-state index contributed by atoms with van der Waals surface area (Å²) in [5, 5.41) is 6.05. The molecule has 1 rings (SSSR count). The Morgan fingerprint density at radius 2 is 2.20 bits per heavy atom. The number of hydrogen-bond acceptors (Lipinski definition) is 5. The minimum Gasteiger partial charge on any atom is -0.382 e. The zero-order valence-electron chi connectivity index (χ0n) is 12.7. The molecule has 0 atom stereocenters. The van der Waals surface area contributed by atoms with E-state index in [0.29, 0.717) is 23.8 Å². The number of thioether (sulfide) groups is 1. The fourth-order valence-corrected chi connectivity index (χ4v) is 2.10. The predicted octanol–water partition coefficient (Wildman–Crippen LogP) is 2.51. The van der Waals surface area contributed by atoms with Gasteiger partial charge in [-0.2, -0.15) is 11.8 Å². The van der Waals surface area contributed by atoms with Crippen molar-refractivity contribution in [3.63, 3.8) is 0 Å². The van der Waals surface area contributed by atoms with Crippen molar-refractivity contribution >= 4 is 23.4 Å². The summed E-state index contributed by atoms with van der Waals surface area (Å²) < 4.78 is 0. The van der Waals surface area contributed by atoms with Gasteiger partial charge in [-0.1, -0.05) is 13.8 Å². The van der Waals surface area contributed by atoms with E-state index in [2.05, 4.69) is 26.9 Å². The molecule has 0 radical (unpaired) electrons. The molecule has 0 aliphatic carbocycles. The van der Waals surface area contributed by atoms with E-state index < -0.39 is 0 Å². The number of anilines is 1. The maximum Gasteiger partial charge on any atom is 0.272 e. The third-order valence-corrected chi connectivity index (χ3v) is 3.41. The van der Waals surface area contributed by atoms with Gasteiger partial charge in [-0.25, -0.2) is 9.97 Å². The van der Waals surface area contributed by atoms with E-state index in [1.807, 2.05) is 20.8 Å². The maximum atomic E-state index is 12.2. The van der Waals surface area contributed by atoms with Gasteiger partial charge in [-0.3, -0.25) is 4.79 Å². The van der Waals surface area contributed by atoms with E-state index >= 15 is 0 Å². The molecule has 20 heavy (non-hydrogen) atoms. The first kappa shape index (κ1) is 16.8. The molecular weight excluding hydrogens is 272 g/mol. The summed E-state index contributed by atoms with van der Waals surface area (Å²) in [6, 6.07) is 0. The molecule has 0 fully saturated rings. The molecule has 0 unspecified atom stereocenters. The van der Waals surface area contributed by atoms with Crippen LogP contribution in [-0.4, -0.2) is 41.0 Å². The normalized spacial score (nSPS) is 10.7. The number of aromatic nitrogens is 2. The Labute approximate surface area is 125 Å². The van der Waals surface area contributed by atoms with Gasteiger partial charge in [0, 0.05) is 19.0 Å². The quantitative estimate of drug-likeness (QED) is 0.722. The van der Waals surface area contributed by atoms with Crippen molar-refractivity contribution in [3.8, 4) is 0 Å². The van der Waals surface area contributed by atoms with Crippen LogP contribution in [0, 0.1) is 0 Å². The number of amides is 1. The lowest BCUT2D eigenvalue weighted by Gasteiger charge is -2.12. The molecular formula is C14H24N4OS. The number of hydrogen-bond donors (Lipinski definition) is 2. The van der Waals surface area contributed by atoms with Crippen molar-refractivity contribution in [2.45, 2.75) is 33.1 Å². The second-order valence-corrected chi connectivity index (χ2v) is 5.76. The van der Waals surface area contributed by atoms with Crippen LogP contribution < -0.4 is 10.6 Å². The van der Waals surface area contributed by atoms with Crippen molar-refractivity contribution in [1.29, 1.82) is 0 Å². The third kappa shape index (κ3) is 5.00. The lowest BCUT2D eigenvalue weighted by atomic mass is 10.2. The van der Waals surface area contributed by atoms with Gasteiger partial charge < -0.3 is 10.6 Å². The monoisotopic (exact) mass is 296 g/mol. The molecule has 6 heteroatoms. The maximum absolute atomic E-state index is 12.2. The molecule has 0 saturated carbocycles. The highest BCUT2D eigenvalue weighted by atomic mass is 32.2. The van der Waals surface area contributed by atoms with Gasteiger partial charge in [0.25, 0.3) is 5.91 Å². The summed E-state index contributed by atoms with van der Waals surface area (Å²) in [6.45, 7) is 7.42. The van der Waals surface area contributed by atoms with Crippen molar-refractivity contribution in [2.24, 2.45) is 0 Å². The molecule has 0 spiro atoms. The van der Waals surface area contributed by atoms with Gasteiger partial charge in [0.05, 0.1) is 11.9 Å². The SMILES string of the molecule is CCNc1cnc(C(C)C)nc1C(=O)NCCCSC. The summed E-state index contributed by atoms with van der Waals surface area (Å²) in [7, 11) is 0. The molecule has 5 nitrogen and oxygen atoms in total. The average molecular weight is 296 g/mol. The molecule has 0 bridgehead atoms. The number of carbonyl (C=O) groups is 1. The first-order valence-electron chi connectivity index (χ1n) is 6.98. The van der Waals surface area contributed by atoms with Gasteiger partial charge in [0.2, 0.25) is 0 Å². The Kier molecular flexibility index (Phi) is 7.36. The topological polar surface area (TPSA) is 66.9 Å². The van der Waals surface area contributed by atoms with Crippen LogP contribution in [0.5, 0.6) is 0 Å². The summed E-state index contributed by atoms with van der Waals surface area (Å²) in [5.41, 5.74) is 1.13. The number of nitrogens with zero attached hydrogens (tertiary/aromatic N) is 2. The largest absolute Gasteiger partial charge is 0.382 e. The highest BCUT2D eigenvalue weighted by molar-refractivity contribution is 7.98. The third-order valence-electron chi connectivity index (χ3n) is 2.72. The minimum atomic E-state index is -0.133. The van der Waals surface area contributed by atoms with Crippen LogP contribution in [0.25, 0.3) is 0 Å². The number of rotatable bonds is 8. The predicted molar refractivity (Wildman–Crippen MR) is 85.6 cm³/mol. The van der Waals surface area contributed by atoms with E-state index in [-0.39, 0.29) is 11.8 Å². The number of nitrogens with one attached hydrogen (secondary N) is 2. The molecule has 112 valence electrons. The van der Waals surface area contributed by atoms with Gasteiger partial charge in [-0.15, -0.1) is 0 Å². The van der Waals surface area contributed by atoms with Crippen LogP contribution in [0.4, 0.5) is 5.69 Å². The van der Waals surface area contributed by atoms with Crippen LogP contribution in [0.2, 0.25) is 0 Å². The van der Waals surface area contributed by atoms with Crippen molar-refractivity contribution in [3.05, 3.63) is 17.7 Å². The standard InChI is InChI=1S/C14H24N4OS/c1-5-15-11-9-17-13(10(2)3)18-12(11)14(19)16-7-6-8-20-4/h9-10,15H,5-8H2,1-4H3,(H,16,19). The van der Waals surface area contributed by atoms with Gasteiger partial charge in [0.15, 0.2) is 5.69 Å². The molecule has 1 amide bonds. The molecule has 1 aromatic rings. The number of carbonyl (C=O) groups excluding carboxylic acids is 1. The van der Waals surface area contributed by atoms with Crippen molar-refractivity contribution in [1.82, 2.24) is 15.3 Å². The first-order valence-corrected chi connectivity index (χ1v) is 8.37. The second-order valence-electron chi connectivity index (χ2n) is 4.78. The van der Waals surface area contributed by atoms with E-state index in [1.54, 1.807) is 18.0 Å². The zero-order chi connectivity index (χ0) is 15.0. The zero-order valence-corrected chi connectivity index (χ0v) is 13.5. The van der Waals surface area contributed by atoms with E-state index in [9.17, 15) is 4.79 Å². The summed E-state index contributed by atoms with van der Waals surface area (Å²) in [5.74, 6) is 1.81. The molecule has 0 aliphatic heterocycles. The average Bonchev–Trinajstić information content (AvgIpc) is 2.44. The summed E-state index contributed by atoms with van der Waals surface area (Å²) in [6.07, 6.45) is 4.72. The van der Waals surface area contributed by atoms with Crippen molar-refractivity contribution in [2.75, 3.05) is 30.4 Å².